The van der Waals surface area contributed by atoms with Gasteiger partial charge < -0.3 is 30.1 Å². The molecule has 1 saturated heterocycles. The summed E-state index contributed by atoms with van der Waals surface area (Å²) in [6, 6.07) is 14.3. The largest absolute Gasteiger partial charge is 0.489 e. The number of pyridine rings is 1. The predicted molar refractivity (Wildman–Crippen MR) is 133 cm³/mol. The summed E-state index contributed by atoms with van der Waals surface area (Å²) in [7, 11) is 1.57. The molecule has 1 atom stereocenters. The van der Waals surface area contributed by atoms with Crippen molar-refractivity contribution in [2.45, 2.75) is 11.6 Å². The van der Waals surface area contributed by atoms with Gasteiger partial charge in [0.2, 0.25) is 0 Å². The van der Waals surface area contributed by atoms with Gasteiger partial charge in [0.25, 0.3) is 11.8 Å². The van der Waals surface area contributed by atoms with Crippen molar-refractivity contribution in [1.82, 2.24) is 10.3 Å². The van der Waals surface area contributed by atoms with Crippen LogP contribution < -0.4 is 20.3 Å². The standard InChI is InChI=1S/C27H23FN4O5/c1-32-23-11-17(9-10-27(35)15-36-16-27)7-8-24(23)37-14-22(26(32)34)31-25(33)21-12-20(19(28)13-29-21)30-18-5-3-2-4-6-18/h2-8,11-13,22,35H,14-16H2,1H3,(H,29,30)(H,31,33)/t22-/m0/s1. The number of carbonyl (C=O) groups is 2. The summed E-state index contributed by atoms with van der Waals surface area (Å²) < 4.78 is 25.1. The van der Waals surface area contributed by atoms with Gasteiger partial charge >= 0.3 is 0 Å². The van der Waals surface area contributed by atoms with Crippen molar-refractivity contribution < 1.29 is 28.6 Å². The quantitative estimate of drug-likeness (QED) is 0.469. The molecule has 2 aliphatic heterocycles. The Hall–Kier alpha value is -4.46. The fourth-order valence-electron chi connectivity index (χ4n) is 3.80. The predicted octanol–water partition coefficient (Wildman–Crippen LogP) is 2.23. The molecule has 0 radical (unpaired) electrons. The van der Waals surface area contributed by atoms with Crippen LogP contribution in [0.4, 0.5) is 21.5 Å². The van der Waals surface area contributed by atoms with Crippen molar-refractivity contribution in [1.29, 1.82) is 0 Å². The molecule has 9 nitrogen and oxygen atoms in total. The highest BCUT2D eigenvalue weighted by Gasteiger charge is 2.34. The molecule has 3 aromatic rings. The maximum absolute atomic E-state index is 14.3. The Labute approximate surface area is 212 Å². The minimum absolute atomic E-state index is 0.0625. The highest BCUT2D eigenvalue weighted by molar-refractivity contribution is 6.03. The summed E-state index contributed by atoms with van der Waals surface area (Å²) in [6.07, 6.45) is 0.947. The molecule has 0 saturated carbocycles. The van der Waals surface area contributed by atoms with E-state index in [2.05, 4.69) is 27.5 Å². The van der Waals surface area contributed by atoms with E-state index < -0.39 is 29.3 Å². The van der Waals surface area contributed by atoms with E-state index in [1.165, 1.54) is 11.0 Å². The van der Waals surface area contributed by atoms with Crippen LogP contribution in [0.15, 0.2) is 60.8 Å². The number of fused-ring (bicyclic) bond motifs is 1. The number of nitrogens with one attached hydrogen (secondary N) is 2. The monoisotopic (exact) mass is 502 g/mol. The number of anilines is 3. The van der Waals surface area contributed by atoms with Gasteiger partial charge in [-0.2, -0.15) is 0 Å². The molecular weight excluding hydrogens is 479 g/mol. The number of hydrogen-bond donors (Lipinski definition) is 3. The van der Waals surface area contributed by atoms with Crippen LogP contribution in [0.3, 0.4) is 0 Å². The molecule has 0 spiro atoms. The van der Waals surface area contributed by atoms with Crippen LogP contribution in [0, 0.1) is 17.7 Å². The fourth-order valence-corrected chi connectivity index (χ4v) is 3.80. The van der Waals surface area contributed by atoms with Crippen LogP contribution in [-0.4, -0.2) is 60.4 Å². The van der Waals surface area contributed by atoms with Gasteiger partial charge in [-0.25, -0.2) is 9.37 Å². The second-order valence-electron chi connectivity index (χ2n) is 8.73. The second-order valence-corrected chi connectivity index (χ2v) is 8.73. The van der Waals surface area contributed by atoms with Gasteiger partial charge in [0.15, 0.2) is 11.4 Å². The molecule has 3 heterocycles. The lowest BCUT2D eigenvalue weighted by Gasteiger charge is -2.30. The molecule has 0 aliphatic carbocycles. The number of likely N-dealkylation sites (N-methyl/N-ethyl adjacent to an activating group) is 1. The first-order valence-corrected chi connectivity index (χ1v) is 11.5. The zero-order valence-corrected chi connectivity index (χ0v) is 19.8. The number of aromatic nitrogens is 1. The van der Waals surface area contributed by atoms with E-state index in [9.17, 15) is 19.1 Å². The van der Waals surface area contributed by atoms with Crippen molar-refractivity contribution in [2.75, 3.05) is 37.1 Å². The lowest BCUT2D eigenvalue weighted by atomic mass is 10.0. The highest BCUT2D eigenvalue weighted by atomic mass is 19.1. The van der Waals surface area contributed by atoms with Crippen molar-refractivity contribution >= 4 is 28.9 Å². The number of para-hydroxylation sites is 1. The molecule has 2 aromatic carbocycles. The van der Waals surface area contributed by atoms with Gasteiger partial charge in [-0.3, -0.25) is 9.59 Å². The van der Waals surface area contributed by atoms with Crippen molar-refractivity contribution in [3.8, 4) is 17.6 Å². The first kappa shape index (κ1) is 24.2. The molecule has 5 rings (SSSR count). The number of nitrogens with zero attached hydrogens (tertiary/aromatic N) is 2. The zero-order valence-electron chi connectivity index (χ0n) is 19.8. The van der Waals surface area contributed by atoms with E-state index in [1.807, 2.05) is 6.07 Å². The molecule has 1 aromatic heterocycles. The highest BCUT2D eigenvalue weighted by Crippen LogP contribution is 2.31. The smallest absolute Gasteiger partial charge is 0.270 e. The number of ether oxygens (including phenoxy) is 2. The summed E-state index contributed by atoms with van der Waals surface area (Å²) in [5.41, 5.74) is 0.549. The van der Waals surface area contributed by atoms with E-state index in [0.29, 0.717) is 22.7 Å². The summed E-state index contributed by atoms with van der Waals surface area (Å²) in [4.78, 5) is 31.4. The van der Waals surface area contributed by atoms with Crippen LogP contribution in [0.5, 0.6) is 5.75 Å². The van der Waals surface area contributed by atoms with Crippen LogP contribution >= 0.6 is 0 Å². The molecule has 2 amide bonds. The molecule has 1 fully saturated rings. The van der Waals surface area contributed by atoms with Gasteiger partial charge in [-0.15, -0.1) is 0 Å². The topological polar surface area (TPSA) is 113 Å². The first-order valence-electron chi connectivity index (χ1n) is 11.5. The molecular formula is C27H23FN4O5. The molecule has 188 valence electrons. The average Bonchev–Trinajstić information content (AvgIpc) is 3.00. The van der Waals surface area contributed by atoms with Crippen LogP contribution in [0.1, 0.15) is 16.1 Å². The lowest BCUT2D eigenvalue weighted by Crippen LogP contribution is -2.49. The maximum Gasteiger partial charge on any atom is 0.270 e. The normalized spacial score (nSPS) is 17.8. The molecule has 0 bridgehead atoms. The van der Waals surface area contributed by atoms with Gasteiger partial charge in [-0.1, -0.05) is 30.0 Å². The van der Waals surface area contributed by atoms with Gasteiger partial charge in [0.1, 0.15) is 24.1 Å². The van der Waals surface area contributed by atoms with E-state index >= 15 is 0 Å². The molecule has 3 N–H and O–H groups in total. The number of halogens is 1. The summed E-state index contributed by atoms with van der Waals surface area (Å²) in [5, 5.41) is 15.7. The van der Waals surface area contributed by atoms with E-state index in [-0.39, 0.29) is 31.2 Å². The maximum atomic E-state index is 14.3. The van der Waals surface area contributed by atoms with Crippen molar-refractivity contribution in [2.24, 2.45) is 0 Å². The zero-order chi connectivity index (χ0) is 26.0. The van der Waals surface area contributed by atoms with Gasteiger partial charge in [0.05, 0.1) is 30.8 Å². The Kier molecular flexibility index (Phi) is 6.48. The summed E-state index contributed by atoms with van der Waals surface area (Å²) >= 11 is 0. The molecule has 2 aliphatic rings. The van der Waals surface area contributed by atoms with E-state index in [0.717, 1.165) is 6.20 Å². The Bertz CT molecular complexity index is 1420. The Morgan fingerprint density at radius 2 is 2.00 bits per heavy atom. The minimum Gasteiger partial charge on any atom is -0.489 e. The minimum atomic E-state index is -1.16. The first-order chi connectivity index (χ1) is 17.8. The SMILES string of the molecule is CN1C(=O)[C@@H](NC(=O)c2cc(Nc3ccccc3)c(F)cn2)COc2ccc(C#CC3(O)COC3)cc21. The third kappa shape index (κ3) is 5.23. The second kappa shape index (κ2) is 9.89. The Morgan fingerprint density at radius 3 is 2.73 bits per heavy atom. The molecule has 37 heavy (non-hydrogen) atoms. The van der Waals surface area contributed by atoms with Crippen LogP contribution in [-0.2, 0) is 9.53 Å². The number of benzene rings is 2. The molecule has 0 unspecified atom stereocenters. The Balaban J connectivity index is 1.31. The average molecular weight is 503 g/mol. The van der Waals surface area contributed by atoms with Gasteiger partial charge in [0, 0.05) is 18.3 Å². The van der Waals surface area contributed by atoms with Crippen LogP contribution in [0.25, 0.3) is 0 Å². The molecule has 10 heteroatoms. The lowest BCUT2D eigenvalue weighted by molar-refractivity contribution is -0.140. The summed E-state index contributed by atoms with van der Waals surface area (Å²) in [6.45, 7) is 0.196. The van der Waals surface area contributed by atoms with Crippen molar-refractivity contribution in [3.05, 3.63) is 77.9 Å². The van der Waals surface area contributed by atoms with Gasteiger partial charge in [-0.05, 0) is 36.4 Å². The summed E-state index contributed by atoms with van der Waals surface area (Å²) in [5.74, 6) is 4.43. The van der Waals surface area contributed by atoms with Crippen LogP contribution in [0.2, 0.25) is 0 Å². The Morgan fingerprint density at radius 1 is 1.22 bits per heavy atom. The van der Waals surface area contributed by atoms with E-state index in [1.54, 1.807) is 49.5 Å². The number of aliphatic hydroxyl groups is 1. The van der Waals surface area contributed by atoms with Crippen molar-refractivity contribution in [3.63, 3.8) is 0 Å². The van der Waals surface area contributed by atoms with E-state index in [4.69, 9.17) is 9.47 Å². The number of amides is 2. The number of rotatable bonds is 4. The third-order valence-electron chi connectivity index (χ3n) is 5.92. The number of carbonyl (C=O) groups excluding carboxylic acids is 2. The third-order valence-corrected chi connectivity index (χ3v) is 5.92. The fraction of sp³-hybridized carbons (Fsp3) is 0.222. The number of hydrogen-bond acceptors (Lipinski definition) is 7.